The Labute approximate surface area is 99.1 Å². The molecule has 0 unspecified atom stereocenters. The highest BCUT2D eigenvalue weighted by Crippen LogP contribution is 2.07. The maximum absolute atomic E-state index is 12.9. The van der Waals surface area contributed by atoms with E-state index in [2.05, 4.69) is 4.98 Å². The molecular formula is C14H12FNO. The Morgan fingerprint density at radius 2 is 1.88 bits per heavy atom. The first-order valence-electron chi connectivity index (χ1n) is 5.39. The monoisotopic (exact) mass is 229 g/mol. The van der Waals surface area contributed by atoms with Crippen LogP contribution in [0.15, 0.2) is 48.8 Å². The summed E-state index contributed by atoms with van der Waals surface area (Å²) in [6.07, 6.45) is 3.93. The van der Waals surface area contributed by atoms with Gasteiger partial charge >= 0.3 is 0 Å². The molecule has 2 aromatic rings. The summed E-state index contributed by atoms with van der Waals surface area (Å²) in [6.45, 7) is 0. The van der Waals surface area contributed by atoms with E-state index in [1.165, 1.54) is 12.1 Å². The molecule has 0 fully saturated rings. The molecule has 0 saturated heterocycles. The third-order valence-corrected chi connectivity index (χ3v) is 2.41. The Balaban J connectivity index is 1.98. The van der Waals surface area contributed by atoms with Gasteiger partial charge in [0, 0.05) is 25.2 Å². The quantitative estimate of drug-likeness (QED) is 0.806. The molecule has 0 saturated carbocycles. The molecule has 0 aliphatic rings. The number of hydrogen-bond acceptors (Lipinski definition) is 2. The highest BCUT2D eigenvalue weighted by atomic mass is 19.1. The van der Waals surface area contributed by atoms with Crippen LogP contribution in [0.4, 0.5) is 4.39 Å². The van der Waals surface area contributed by atoms with E-state index in [4.69, 9.17) is 0 Å². The van der Waals surface area contributed by atoms with Gasteiger partial charge in [-0.05, 0) is 29.3 Å². The smallest absolute Gasteiger partial charge is 0.141 e. The molecule has 17 heavy (non-hydrogen) atoms. The van der Waals surface area contributed by atoms with Crippen molar-refractivity contribution in [3.05, 3.63) is 65.7 Å². The molecule has 3 heteroatoms. The van der Waals surface area contributed by atoms with Crippen LogP contribution in [0.2, 0.25) is 0 Å². The van der Waals surface area contributed by atoms with Crippen molar-refractivity contribution < 1.29 is 9.18 Å². The van der Waals surface area contributed by atoms with Crippen LogP contribution in [-0.2, 0) is 17.6 Å². The number of carbonyl (C=O) groups is 1. The van der Waals surface area contributed by atoms with Crippen molar-refractivity contribution in [3.63, 3.8) is 0 Å². The number of carbonyl (C=O) groups excluding carboxylic acids is 1. The number of nitrogens with zero attached hydrogens (tertiary/aromatic N) is 1. The van der Waals surface area contributed by atoms with E-state index in [-0.39, 0.29) is 18.0 Å². The van der Waals surface area contributed by atoms with Crippen molar-refractivity contribution in [2.45, 2.75) is 12.8 Å². The van der Waals surface area contributed by atoms with E-state index >= 15 is 0 Å². The molecule has 0 N–H and O–H groups in total. The zero-order valence-electron chi connectivity index (χ0n) is 9.27. The third-order valence-electron chi connectivity index (χ3n) is 2.41. The number of halogens is 1. The van der Waals surface area contributed by atoms with Crippen molar-refractivity contribution in [1.29, 1.82) is 0 Å². The first-order valence-corrected chi connectivity index (χ1v) is 5.39. The minimum atomic E-state index is -0.309. The number of pyridine rings is 1. The maximum Gasteiger partial charge on any atom is 0.141 e. The summed E-state index contributed by atoms with van der Waals surface area (Å²) in [5.41, 5.74) is 1.59. The van der Waals surface area contributed by atoms with Gasteiger partial charge in [0.25, 0.3) is 0 Å². The lowest BCUT2D eigenvalue weighted by Gasteiger charge is -2.01. The van der Waals surface area contributed by atoms with Gasteiger partial charge in [-0.15, -0.1) is 0 Å². The standard InChI is InChI=1S/C14H12FNO/c15-13-5-1-3-11(7-13)8-14(17)9-12-4-2-6-16-10-12/h1-7,10H,8-9H2. The lowest BCUT2D eigenvalue weighted by molar-refractivity contribution is -0.117. The van der Waals surface area contributed by atoms with Crippen molar-refractivity contribution in [2.24, 2.45) is 0 Å². The van der Waals surface area contributed by atoms with E-state index in [1.807, 2.05) is 6.07 Å². The molecule has 1 heterocycles. The van der Waals surface area contributed by atoms with Crippen LogP contribution in [0.1, 0.15) is 11.1 Å². The fourth-order valence-electron chi connectivity index (χ4n) is 1.67. The van der Waals surface area contributed by atoms with Gasteiger partial charge in [-0.1, -0.05) is 18.2 Å². The van der Waals surface area contributed by atoms with Gasteiger partial charge in [0.05, 0.1) is 0 Å². The predicted octanol–water partition coefficient (Wildman–Crippen LogP) is 2.58. The first kappa shape index (κ1) is 11.5. The second-order valence-corrected chi connectivity index (χ2v) is 3.88. The summed E-state index contributed by atoms with van der Waals surface area (Å²) in [7, 11) is 0. The molecule has 1 aromatic heterocycles. The Morgan fingerprint density at radius 1 is 1.12 bits per heavy atom. The van der Waals surface area contributed by atoms with Gasteiger partial charge in [-0.25, -0.2) is 4.39 Å². The van der Waals surface area contributed by atoms with Crippen molar-refractivity contribution in [1.82, 2.24) is 4.98 Å². The zero-order chi connectivity index (χ0) is 12.1. The topological polar surface area (TPSA) is 30.0 Å². The Hall–Kier alpha value is -2.03. The van der Waals surface area contributed by atoms with Crippen molar-refractivity contribution in [3.8, 4) is 0 Å². The normalized spacial score (nSPS) is 10.2. The third kappa shape index (κ3) is 3.48. The van der Waals surface area contributed by atoms with Crippen LogP contribution in [0.3, 0.4) is 0 Å². The number of Topliss-reactive ketones (excluding diaryl/α,β-unsaturated/α-hetero) is 1. The number of hydrogen-bond donors (Lipinski definition) is 0. The summed E-state index contributed by atoms with van der Waals surface area (Å²) in [5, 5.41) is 0. The van der Waals surface area contributed by atoms with Crippen LogP contribution in [0.25, 0.3) is 0 Å². The molecule has 2 nitrogen and oxygen atoms in total. The number of ketones is 1. The van der Waals surface area contributed by atoms with Gasteiger partial charge < -0.3 is 0 Å². The minimum Gasteiger partial charge on any atom is -0.299 e. The summed E-state index contributed by atoms with van der Waals surface area (Å²) in [5.74, 6) is -0.250. The molecule has 0 aliphatic carbocycles. The van der Waals surface area contributed by atoms with Crippen LogP contribution < -0.4 is 0 Å². The van der Waals surface area contributed by atoms with Crippen LogP contribution in [0, 0.1) is 5.82 Å². The molecule has 0 bridgehead atoms. The van der Waals surface area contributed by atoms with Crippen LogP contribution in [-0.4, -0.2) is 10.8 Å². The van der Waals surface area contributed by atoms with E-state index in [0.29, 0.717) is 12.0 Å². The predicted molar refractivity (Wildman–Crippen MR) is 63.1 cm³/mol. The van der Waals surface area contributed by atoms with Crippen molar-refractivity contribution in [2.75, 3.05) is 0 Å². The highest BCUT2D eigenvalue weighted by molar-refractivity contribution is 5.82. The molecule has 0 atom stereocenters. The number of rotatable bonds is 4. The number of benzene rings is 1. The molecule has 0 radical (unpaired) electrons. The molecular weight excluding hydrogens is 217 g/mol. The average molecular weight is 229 g/mol. The first-order chi connectivity index (χ1) is 8.24. The maximum atomic E-state index is 12.9. The van der Waals surface area contributed by atoms with E-state index in [0.717, 1.165) is 5.56 Å². The lowest BCUT2D eigenvalue weighted by Crippen LogP contribution is -2.06. The zero-order valence-corrected chi connectivity index (χ0v) is 9.27. The van der Waals surface area contributed by atoms with Crippen molar-refractivity contribution >= 4 is 5.78 Å². The Bertz CT molecular complexity index is 511. The van der Waals surface area contributed by atoms with E-state index in [1.54, 1.807) is 30.6 Å². The summed E-state index contributed by atoms with van der Waals surface area (Å²) in [4.78, 5) is 15.7. The van der Waals surface area contributed by atoms with Crippen LogP contribution in [0.5, 0.6) is 0 Å². The molecule has 0 amide bonds. The van der Waals surface area contributed by atoms with Gasteiger partial charge in [0.15, 0.2) is 0 Å². The second-order valence-electron chi connectivity index (χ2n) is 3.88. The lowest BCUT2D eigenvalue weighted by atomic mass is 10.0. The SMILES string of the molecule is O=C(Cc1cccnc1)Cc1cccc(F)c1. The molecule has 1 aromatic carbocycles. The highest BCUT2D eigenvalue weighted by Gasteiger charge is 2.05. The van der Waals surface area contributed by atoms with E-state index < -0.39 is 0 Å². The van der Waals surface area contributed by atoms with Gasteiger partial charge in [-0.3, -0.25) is 9.78 Å². The van der Waals surface area contributed by atoms with E-state index in [9.17, 15) is 9.18 Å². The fraction of sp³-hybridized carbons (Fsp3) is 0.143. The second kappa shape index (κ2) is 5.34. The summed E-state index contributed by atoms with van der Waals surface area (Å²) in [6, 6.07) is 9.78. The molecule has 0 spiro atoms. The van der Waals surface area contributed by atoms with Gasteiger partial charge in [-0.2, -0.15) is 0 Å². The minimum absolute atomic E-state index is 0.0589. The summed E-state index contributed by atoms with van der Waals surface area (Å²) < 4.78 is 12.9. The summed E-state index contributed by atoms with van der Waals surface area (Å²) >= 11 is 0. The molecule has 86 valence electrons. The van der Waals surface area contributed by atoms with Gasteiger partial charge in [0.2, 0.25) is 0 Å². The number of aromatic nitrogens is 1. The fourth-order valence-corrected chi connectivity index (χ4v) is 1.67. The van der Waals surface area contributed by atoms with Gasteiger partial charge in [0.1, 0.15) is 11.6 Å². The van der Waals surface area contributed by atoms with Crippen LogP contribution >= 0.6 is 0 Å². The Morgan fingerprint density at radius 3 is 2.59 bits per heavy atom. The molecule has 0 aliphatic heterocycles. The molecule has 2 rings (SSSR count). The average Bonchev–Trinajstić information content (AvgIpc) is 2.30. The largest absolute Gasteiger partial charge is 0.299 e. The Kier molecular flexibility index (Phi) is 3.60.